The van der Waals surface area contributed by atoms with Crippen LogP contribution in [0.4, 0.5) is 17.6 Å². The highest BCUT2D eigenvalue weighted by Gasteiger charge is 2.36. The van der Waals surface area contributed by atoms with E-state index in [0.29, 0.717) is 29.2 Å². The molecule has 2 heterocycles. The van der Waals surface area contributed by atoms with Crippen LogP contribution in [0.1, 0.15) is 50.4 Å². The van der Waals surface area contributed by atoms with Crippen molar-refractivity contribution in [3.63, 3.8) is 0 Å². The van der Waals surface area contributed by atoms with Gasteiger partial charge in [-0.3, -0.25) is 4.72 Å². The van der Waals surface area contributed by atoms with Crippen molar-refractivity contribution < 1.29 is 17.6 Å². The van der Waals surface area contributed by atoms with Crippen molar-refractivity contribution in [1.29, 1.82) is 5.26 Å². The number of alkyl halides is 3. The number of nitrogens with one attached hydrogen (secondary N) is 1. The summed E-state index contributed by atoms with van der Waals surface area (Å²) < 4.78 is 61.8. The standard InChI is InChI=1S/C24H24F4N4S/c1-23(2,3)13-32-12-14(11-31-33-15-4-5-15)16-8-19(25)17(9-21(16)32)22-18(24(26,27)28)6-7-30-20(22)10-29/h6-9,12,15,31H,4-5,11,13H2,1-3H3. The third kappa shape index (κ3) is 5.17. The summed E-state index contributed by atoms with van der Waals surface area (Å²) in [5.74, 6) is -0.817. The zero-order valence-corrected chi connectivity index (χ0v) is 19.4. The molecule has 4 rings (SSSR count). The molecule has 0 saturated heterocycles. The van der Waals surface area contributed by atoms with Gasteiger partial charge in [0.05, 0.1) is 5.56 Å². The molecule has 3 aromatic rings. The number of rotatable bonds is 6. The number of halogens is 4. The Kier molecular flexibility index (Phi) is 6.18. The number of pyridine rings is 1. The maximum atomic E-state index is 15.3. The summed E-state index contributed by atoms with van der Waals surface area (Å²) >= 11 is 1.66. The van der Waals surface area contributed by atoms with Crippen molar-refractivity contribution >= 4 is 22.9 Å². The minimum atomic E-state index is -4.76. The maximum absolute atomic E-state index is 15.3. The van der Waals surface area contributed by atoms with Crippen LogP contribution in [-0.2, 0) is 19.3 Å². The summed E-state index contributed by atoms with van der Waals surface area (Å²) in [5.41, 5.74) is -0.967. The Hall–Kier alpha value is -2.57. The van der Waals surface area contributed by atoms with Crippen LogP contribution in [0.25, 0.3) is 22.0 Å². The highest BCUT2D eigenvalue weighted by atomic mass is 32.2. The molecule has 1 aliphatic carbocycles. The number of benzene rings is 1. The molecule has 174 valence electrons. The zero-order chi connectivity index (χ0) is 24.0. The molecule has 0 unspecified atom stereocenters. The Morgan fingerprint density at radius 3 is 2.58 bits per heavy atom. The SMILES string of the molecule is CC(C)(C)Cn1cc(CNSC2CC2)c2cc(F)c(-c3c(C(F)(F)F)ccnc3C#N)cc21. The van der Waals surface area contributed by atoms with Gasteiger partial charge in [-0.2, -0.15) is 18.4 Å². The van der Waals surface area contributed by atoms with Crippen LogP contribution >= 0.6 is 11.9 Å². The lowest BCUT2D eigenvalue weighted by Crippen LogP contribution is -2.15. The molecule has 0 atom stereocenters. The first kappa shape index (κ1) is 23.6. The highest BCUT2D eigenvalue weighted by molar-refractivity contribution is 7.98. The normalized spacial score (nSPS) is 14.6. The Bertz CT molecular complexity index is 1230. The van der Waals surface area contributed by atoms with E-state index in [0.717, 1.165) is 17.8 Å². The second-order valence-electron chi connectivity index (χ2n) is 9.52. The quantitative estimate of drug-likeness (QED) is 0.319. The predicted molar refractivity (Wildman–Crippen MR) is 122 cm³/mol. The lowest BCUT2D eigenvalue weighted by molar-refractivity contribution is -0.137. The summed E-state index contributed by atoms with van der Waals surface area (Å²) in [6, 6.07) is 5.16. The van der Waals surface area contributed by atoms with E-state index in [-0.39, 0.29) is 11.0 Å². The first-order valence-electron chi connectivity index (χ1n) is 10.6. The number of nitriles is 1. The van der Waals surface area contributed by atoms with Gasteiger partial charge in [0.25, 0.3) is 0 Å². The van der Waals surface area contributed by atoms with Gasteiger partial charge in [0.15, 0.2) is 0 Å². The number of fused-ring (bicyclic) bond motifs is 1. The molecule has 1 saturated carbocycles. The van der Waals surface area contributed by atoms with Crippen molar-refractivity contribution in [3.8, 4) is 17.2 Å². The van der Waals surface area contributed by atoms with Gasteiger partial charge in [-0.1, -0.05) is 32.7 Å². The van der Waals surface area contributed by atoms with Crippen LogP contribution in [-0.4, -0.2) is 14.8 Å². The Morgan fingerprint density at radius 2 is 1.97 bits per heavy atom. The first-order chi connectivity index (χ1) is 15.5. The van der Waals surface area contributed by atoms with E-state index >= 15 is 4.39 Å². The lowest BCUT2D eigenvalue weighted by atomic mass is 9.95. The zero-order valence-electron chi connectivity index (χ0n) is 18.6. The molecule has 0 radical (unpaired) electrons. The number of hydrogen-bond donors (Lipinski definition) is 1. The van der Waals surface area contributed by atoms with E-state index in [4.69, 9.17) is 0 Å². The van der Waals surface area contributed by atoms with Crippen LogP contribution in [0.2, 0.25) is 0 Å². The summed E-state index contributed by atoms with van der Waals surface area (Å²) in [7, 11) is 0. The Balaban J connectivity index is 1.89. The smallest absolute Gasteiger partial charge is 0.347 e. The molecule has 9 heteroatoms. The third-order valence-corrected chi connectivity index (χ3v) is 6.48. The van der Waals surface area contributed by atoms with Gasteiger partial charge in [0.1, 0.15) is 17.6 Å². The fourth-order valence-corrected chi connectivity index (χ4v) is 4.68. The monoisotopic (exact) mass is 476 g/mol. The van der Waals surface area contributed by atoms with E-state index in [1.165, 1.54) is 25.0 Å². The molecule has 0 amide bonds. The lowest BCUT2D eigenvalue weighted by Gasteiger charge is -2.20. The fourth-order valence-electron chi connectivity index (χ4n) is 3.84. The van der Waals surface area contributed by atoms with E-state index in [9.17, 15) is 18.4 Å². The molecule has 4 nitrogen and oxygen atoms in total. The second-order valence-corrected chi connectivity index (χ2v) is 10.7. The van der Waals surface area contributed by atoms with Gasteiger partial charge in [0.2, 0.25) is 0 Å². The highest BCUT2D eigenvalue weighted by Crippen LogP contribution is 2.41. The minimum Gasteiger partial charge on any atom is -0.347 e. The largest absolute Gasteiger partial charge is 0.417 e. The topological polar surface area (TPSA) is 53.6 Å². The minimum absolute atomic E-state index is 0.114. The van der Waals surface area contributed by atoms with Crippen molar-refractivity contribution in [2.24, 2.45) is 5.41 Å². The van der Waals surface area contributed by atoms with E-state index in [1.54, 1.807) is 18.0 Å². The van der Waals surface area contributed by atoms with Crippen LogP contribution < -0.4 is 4.72 Å². The number of nitrogens with zero attached hydrogens (tertiary/aromatic N) is 3. The number of hydrogen-bond acceptors (Lipinski definition) is 4. The van der Waals surface area contributed by atoms with Gasteiger partial charge < -0.3 is 4.57 Å². The molecule has 1 aromatic carbocycles. The Morgan fingerprint density at radius 1 is 1.24 bits per heavy atom. The molecule has 0 spiro atoms. The second kappa shape index (κ2) is 8.65. The van der Waals surface area contributed by atoms with Crippen LogP contribution in [0.15, 0.2) is 30.6 Å². The first-order valence-corrected chi connectivity index (χ1v) is 11.5. The average Bonchev–Trinajstić information content (AvgIpc) is 3.49. The van der Waals surface area contributed by atoms with Gasteiger partial charge in [-0.15, -0.1) is 0 Å². The van der Waals surface area contributed by atoms with Crippen LogP contribution in [0.5, 0.6) is 0 Å². The molecular weight excluding hydrogens is 452 g/mol. The van der Waals surface area contributed by atoms with E-state index in [1.807, 2.05) is 10.8 Å². The molecule has 0 bridgehead atoms. The summed E-state index contributed by atoms with van der Waals surface area (Å²) in [6.07, 6.45) is 0.446. The van der Waals surface area contributed by atoms with Crippen molar-refractivity contribution in [2.45, 2.75) is 58.1 Å². The third-order valence-electron chi connectivity index (χ3n) is 5.37. The van der Waals surface area contributed by atoms with Gasteiger partial charge in [-0.25, -0.2) is 9.37 Å². The summed E-state index contributed by atoms with van der Waals surface area (Å²) in [4.78, 5) is 3.77. The van der Waals surface area contributed by atoms with Crippen molar-refractivity contribution in [1.82, 2.24) is 14.3 Å². The predicted octanol–water partition coefficient (Wildman–Crippen LogP) is 6.68. The fraction of sp³-hybridized carbons (Fsp3) is 0.417. The molecule has 1 N–H and O–H groups in total. The molecule has 33 heavy (non-hydrogen) atoms. The van der Waals surface area contributed by atoms with Crippen LogP contribution in [0.3, 0.4) is 0 Å². The molecule has 1 aliphatic rings. The van der Waals surface area contributed by atoms with Crippen molar-refractivity contribution in [3.05, 3.63) is 53.2 Å². The van der Waals surface area contributed by atoms with Gasteiger partial charge in [-0.05, 0) is 42.0 Å². The summed E-state index contributed by atoms with van der Waals surface area (Å²) in [5, 5.41) is 10.7. The average molecular weight is 477 g/mol. The Labute approximate surface area is 194 Å². The summed E-state index contributed by atoms with van der Waals surface area (Å²) in [6.45, 7) is 7.27. The molecule has 2 aromatic heterocycles. The number of aromatic nitrogens is 2. The van der Waals surface area contributed by atoms with Gasteiger partial charge >= 0.3 is 6.18 Å². The molecule has 1 fully saturated rings. The van der Waals surface area contributed by atoms with Crippen LogP contribution in [0, 0.1) is 22.6 Å². The van der Waals surface area contributed by atoms with E-state index < -0.39 is 28.8 Å². The van der Waals surface area contributed by atoms with E-state index in [2.05, 4.69) is 30.5 Å². The molecular formula is C24H24F4N4S. The maximum Gasteiger partial charge on any atom is 0.417 e. The molecule has 0 aliphatic heterocycles. The van der Waals surface area contributed by atoms with Crippen molar-refractivity contribution in [2.75, 3.05) is 0 Å². The van der Waals surface area contributed by atoms with Gasteiger partial charge in [0, 0.05) is 52.8 Å².